The molecule has 0 unspecified atom stereocenters. The van der Waals surface area contributed by atoms with Crippen LogP contribution in [0.15, 0.2) is 0 Å². The van der Waals surface area contributed by atoms with Gasteiger partial charge in [0.15, 0.2) is 0 Å². The van der Waals surface area contributed by atoms with E-state index in [-0.39, 0.29) is 20.9 Å². The topological polar surface area (TPSA) is 98.9 Å². The zero-order valence-corrected chi connectivity index (χ0v) is 18.0. The number of ether oxygens (including phenoxy) is 2. The molecule has 0 heterocycles. The van der Waals surface area contributed by atoms with Crippen molar-refractivity contribution in [3.05, 3.63) is 0 Å². The fourth-order valence-corrected chi connectivity index (χ4v) is 3.15. The fourth-order valence-electron chi connectivity index (χ4n) is 2.19. The number of carbonyl (C=O) groups excluding carboxylic acids is 3. The van der Waals surface area contributed by atoms with Gasteiger partial charge in [-0.05, 0) is 0 Å². The molecule has 2 amide bonds. The fraction of sp³-hybridized carbons (Fsp3) is 0.824. The molecular formula is C17H32N2O5Se. The van der Waals surface area contributed by atoms with Gasteiger partial charge >= 0.3 is 157 Å². The molecule has 0 fully saturated rings. The summed E-state index contributed by atoms with van der Waals surface area (Å²) in [5.41, 5.74) is 5.18. The molecule has 0 saturated heterocycles. The summed E-state index contributed by atoms with van der Waals surface area (Å²) in [5.74, 6) is 0.947. The molecule has 0 aliphatic rings. The van der Waals surface area contributed by atoms with Crippen LogP contribution >= 0.6 is 0 Å². The van der Waals surface area contributed by atoms with Gasteiger partial charge < -0.3 is 0 Å². The predicted octanol–water partition coefficient (Wildman–Crippen LogP) is 2.23. The summed E-state index contributed by atoms with van der Waals surface area (Å²) in [6, 6.07) is -1.90. The van der Waals surface area contributed by atoms with Gasteiger partial charge in [0.05, 0.1) is 0 Å². The normalized spacial score (nSPS) is 14.0. The molecule has 0 aliphatic carbocycles. The monoisotopic (exact) mass is 424 g/mol. The van der Waals surface area contributed by atoms with Gasteiger partial charge in [0.25, 0.3) is 0 Å². The van der Waals surface area contributed by atoms with Crippen molar-refractivity contribution in [2.24, 2.45) is 11.7 Å². The van der Waals surface area contributed by atoms with E-state index in [4.69, 9.17) is 15.2 Å². The maximum absolute atomic E-state index is 12.8. The molecular weight excluding hydrogens is 391 g/mol. The van der Waals surface area contributed by atoms with Gasteiger partial charge in [-0.1, -0.05) is 0 Å². The standard InChI is InChI=1S/C17H32N2O5Se/c1-11(2)10-12(18)14(20)19(16(22)24-17(3,4)5)13(8-9-25-7)15(21)23-6/h11-13H,8-10,18H2,1-7H3/t12-,13-/m0/s1. The number of hydrogen-bond acceptors (Lipinski definition) is 6. The molecule has 8 heteroatoms. The molecule has 0 radical (unpaired) electrons. The number of methoxy groups -OCH3 is 1. The Morgan fingerprint density at radius 2 is 1.76 bits per heavy atom. The number of amides is 2. The van der Waals surface area contributed by atoms with Crippen molar-refractivity contribution in [1.82, 2.24) is 4.90 Å². The summed E-state index contributed by atoms with van der Waals surface area (Å²) >= 11 is 0.287. The predicted molar refractivity (Wildman–Crippen MR) is 97.4 cm³/mol. The van der Waals surface area contributed by atoms with Gasteiger partial charge in [-0.15, -0.1) is 0 Å². The van der Waals surface area contributed by atoms with E-state index in [1.165, 1.54) is 7.11 Å². The Hall–Kier alpha value is -1.11. The van der Waals surface area contributed by atoms with Crippen LogP contribution in [0.25, 0.3) is 0 Å². The van der Waals surface area contributed by atoms with E-state index < -0.39 is 35.7 Å². The van der Waals surface area contributed by atoms with Gasteiger partial charge in [0.1, 0.15) is 0 Å². The van der Waals surface area contributed by atoms with Gasteiger partial charge in [0, 0.05) is 0 Å². The van der Waals surface area contributed by atoms with Crippen LogP contribution in [0.3, 0.4) is 0 Å². The van der Waals surface area contributed by atoms with Crippen molar-refractivity contribution in [2.75, 3.05) is 7.11 Å². The molecule has 0 aromatic rings. The Balaban J connectivity index is 5.71. The van der Waals surface area contributed by atoms with Gasteiger partial charge in [-0.3, -0.25) is 0 Å². The quantitative estimate of drug-likeness (QED) is 0.475. The Morgan fingerprint density at radius 1 is 1.20 bits per heavy atom. The van der Waals surface area contributed by atoms with Crippen molar-refractivity contribution < 1.29 is 23.9 Å². The summed E-state index contributed by atoms with van der Waals surface area (Å²) in [5, 5.41) is 0.721. The number of nitrogens with zero attached hydrogens (tertiary/aromatic N) is 1. The van der Waals surface area contributed by atoms with E-state index in [0.717, 1.165) is 10.2 Å². The van der Waals surface area contributed by atoms with Crippen molar-refractivity contribution >= 4 is 32.9 Å². The second-order valence-corrected chi connectivity index (χ2v) is 9.31. The average Bonchev–Trinajstić information content (AvgIpc) is 2.47. The van der Waals surface area contributed by atoms with E-state index in [2.05, 4.69) is 0 Å². The molecule has 0 rings (SSSR count). The Morgan fingerprint density at radius 3 is 2.16 bits per heavy atom. The van der Waals surface area contributed by atoms with Crippen molar-refractivity contribution in [3.8, 4) is 0 Å². The third-order valence-corrected chi connectivity index (χ3v) is 4.60. The molecule has 7 nitrogen and oxygen atoms in total. The van der Waals surface area contributed by atoms with Crippen molar-refractivity contribution in [3.63, 3.8) is 0 Å². The second-order valence-electron chi connectivity index (χ2n) is 7.25. The molecule has 0 aromatic carbocycles. The number of carbonyl (C=O) groups is 3. The summed E-state index contributed by atoms with van der Waals surface area (Å²) in [7, 11) is 1.23. The van der Waals surface area contributed by atoms with E-state index in [9.17, 15) is 14.4 Å². The van der Waals surface area contributed by atoms with Crippen LogP contribution in [-0.4, -0.2) is 62.6 Å². The Bertz CT molecular complexity index is 462. The summed E-state index contributed by atoms with van der Waals surface area (Å²) in [4.78, 5) is 38.5. The van der Waals surface area contributed by atoms with Crippen LogP contribution in [0.5, 0.6) is 0 Å². The SMILES string of the molecule is COC(=O)[C@H](CC[Se]C)N(C(=O)OC(C)(C)C)C(=O)[C@@H](N)CC(C)C. The van der Waals surface area contributed by atoms with Crippen LogP contribution in [0.2, 0.25) is 11.1 Å². The molecule has 0 spiro atoms. The van der Waals surface area contributed by atoms with E-state index in [0.29, 0.717) is 12.8 Å². The second kappa shape index (κ2) is 10.8. The van der Waals surface area contributed by atoms with Crippen molar-refractivity contribution in [1.29, 1.82) is 0 Å². The van der Waals surface area contributed by atoms with Crippen LogP contribution in [0.1, 0.15) is 47.5 Å². The van der Waals surface area contributed by atoms with Crippen LogP contribution in [-0.2, 0) is 19.1 Å². The van der Waals surface area contributed by atoms with Crippen LogP contribution < -0.4 is 5.73 Å². The average molecular weight is 423 g/mol. The molecule has 2 N–H and O–H groups in total. The molecule has 0 bridgehead atoms. The number of hydrogen-bond donors (Lipinski definition) is 1. The maximum atomic E-state index is 12.8. The first-order chi connectivity index (χ1) is 11.4. The minimum absolute atomic E-state index is 0.176. The van der Waals surface area contributed by atoms with Crippen molar-refractivity contribution in [2.45, 2.75) is 76.3 Å². The number of imide groups is 1. The van der Waals surface area contributed by atoms with E-state index >= 15 is 0 Å². The third kappa shape index (κ3) is 8.70. The van der Waals surface area contributed by atoms with Crippen LogP contribution in [0, 0.1) is 5.92 Å². The first-order valence-corrected chi connectivity index (χ1v) is 11.2. The van der Waals surface area contributed by atoms with Gasteiger partial charge in [-0.2, -0.15) is 0 Å². The first kappa shape index (κ1) is 23.9. The van der Waals surface area contributed by atoms with E-state index in [1.54, 1.807) is 20.8 Å². The Labute approximate surface area is 157 Å². The summed E-state index contributed by atoms with van der Waals surface area (Å²) in [6.07, 6.45) is -0.123. The zero-order valence-electron chi connectivity index (χ0n) is 16.3. The molecule has 0 saturated carbocycles. The zero-order chi connectivity index (χ0) is 19.8. The van der Waals surface area contributed by atoms with Gasteiger partial charge in [0.2, 0.25) is 0 Å². The number of esters is 1. The molecule has 0 aliphatic heterocycles. The molecule has 146 valence electrons. The van der Waals surface area contributed by atoms with Crippen LogP contribution in [0.4, 0.5) is 4.79 Å². The Kier molecular flexibility index (Phi) is 10.3. The first-order valence-electron chi connectivity index (χ1n) is 8.33. The summed E-state index contributed by atoms with van der Waals surface area (Å²) < 4.78 is 10.1. The summed E-state index contributed by atoms with van der Waals surface area (Å²) in [6.45, 7) is 8.96. The number of nitrogens with two attached hydrogens (primary N) is 1. The molecule has 2 atom stereocenters. The molecule has 25 heavy (non-hydrogen) atoms. The third-order valence-electron chi connectivity index (χ3n) is 3.25. The minimum atomic E-state index is -1.02. The van der Waals surface area contributed by atoms with E-state index in [1.807, 2.05) is 19.7 Å². The van der Waals surface area contributed by atoms with Gasteiger partial charge in [-0.25, -0.2) is 0 Å². The molecule has 0 aromatic heterocycles. The number of rotatable bonds is 8.